The molecule has 0 amide bonds. The summed E-state index contributed by atoms with van der Waals surface area (Å²) in [7, 11) is 2.83. The maximum Gasteiger partial charge on any atom is 0.347 e. The number of hydrogen-bond donors (Lipinski definition) is 1. The van der Waals surface area contributed by atoms with Gasteiger partial charge in [-0.3, -0.25) is 13.9 Å². The average Bonchev–Trinajstić information content (AvgIpc) is 2.50. The molecule has 0 saturated carbocycles. The molecule has 0 fully saturated rings. The van der Waals surface area contributed by atoms with Crippen LogP contribution in [-0.4, -0.2) is 19.1 Å². The van der Waals surface area contributed by atoms with Crippen LogP contribution in [0.2, 0.25) is 5.02 Å². The lowest BCUT2D eigenvalue weighted by atomic mass is 10.1. The summed E-state index contributed by atoms with van der Waals surface area (Å²) in [6.07, 6.45) is 0. The van der Waals surface area contributed by atoms with Gasteiger partial charge < -0.3 is 4.98 Å². The number of nitrogens with zero attached hydrogens (tertiary/aromatic N) is 3. The van der Waals surface area contributed by atoms with Crippen LogP contribution >= 0.6 is 11.6 Å². The smallest absolute Gasteiger partial charge is 0.304 e. The normalized spacial score (nSPS) is 11.0. The van der Waals surface area contributed by atoms with E-state index in [1.807, 2.05) is 0 Å². The highest BCUT2D eigenvalue weighted by Gasteiger charge is 2.16. The van der Waals surface area contributed by atoms with Gasteiger partial charge in [-0.15, -0.1) is 0 Å². The van der Waals surface area contributed by atoms with Crippen molar-refractivity contribution in [1.29, 1.82) is 0 Å². The fourth-order valence-corrected chi connectivity index (χ4v) is 2.53. The van der Waals surface area contributed by atoms with E-state index in [1.165, 1.54) is 18.7 Å². The molecule has 7 nitrogen and oxygen atoms in total. The highest BCUT2D eigenvalue weighted by Crippen LogP contribution is 2.23. The van der Waals surface area contributed by atoms with Crippen LogP contribution in [0, 0.1) is 0 Å². The Morgan fingerprint density at radius 3 is 2.55 bits per heavy atom. The summed E-state index contributed by atoms with van der Waals surface area (Å²) in [6, 6.07) is 6.72. The fourth-order valence-electron chi connectivity index (χ4n) is 2.34. The maximum absolute atomic E-state index is 12.4. The summed E-state index contributed by atoms with van der Waals surface area (Å²) in [5, 5.41) is 0.622. The van der Waals surface area contributed by atoms with Crippen LogP contribution in [0.1, 0.15) is 0 Å². The van der Waals surface area contributed by atoms with Crippen molar-refractivity contribution < 1.29 is 0 Å². The Labute approximate surface area is 128 Å². The van der Waals surface area contributed by atoms with E-state index in [0.29, 0.717) is 10.6 Å². The number of nitrogens with one attached hydrogen (secondary N) is 1. The molecule has 0 aliphatic carbocycles. The minimum absolute atomic E-state index is 0.0341. The van der Waals surface area contributed by atoms with Crippen LogP contribution in [0.5, 0.6) is 0 Å². The zero-order valence-electron chi connectivity index (χ0n) is 11.8. The van der Waals surface area contributed by atoms with Crippen molar-refractivity contribution in [3.63, 3.8) is 0 Å². The van der Waals surface area contributed by atoms with Crippen molar-refractivity contribution in [3.05, 3.63) is 60.6 Å². The Bertz CT molecular complexity index is 1080. The Hall–Kier alpha value is -2.67. The summed E-state index contributed by atoms with van der Waals surface area (Å²) in [4.78, 5) is 42.5. The van der Waals surface area contributed by atoms with E-state index in [2.05, 4.69) is 9.97 Å². The second-order valence-electron chi connectivity index (χ2n) is 4.83. The van der Waals surface area contributed by atoms with Crippen molar-refractivity contribution in [2.24, 2.45) is 14.1 Å². The number of aromatic nitrogens is 4. The first-order chi connectivity index (χ1) is 10.4. The Morgan fingerprint density at radius 1 is 1.14 bits per heavy atom. The second kappa shape index (κ2) is 4.96. The monoisotopic (exact) mass is 318 g/mol. The lowest BCUT2D eigenvalue weighted by molar-refractivity contribution is 0.705. The number of hydrogen-bond acceptors (Lipinski definition) is 4. The molecule has 2 aromatic heterocycles. The molecule has 112 valence electrons. The van der Waals surface area contributed by atoms with Crippen LogP contribution in [0.25, 0.3) is 22.3 Å². The third-order valence-corrected chi connectivity index (χ3v) is 3.67. The average molecular weight is 319 g/mol. The Morgan fingerprint density at radius 2 is 1.86 bits per heavy atom. The second-order valence-corrected chi connectivity index (χ2v) is 5.27. The van der Waals surface area contributed by atoms with Gasteiger partial charge in [0.1, 0.15) is 5.39 Å². The van der Waals surface area contributed by atoms with Crippen LogP contribution in [0.15, 0.2) is 38.6 Å². The molecule has 0 aliphatic rings. The number of fused-ring (bicyclic) bond motifs is 1. The summed E-state index contributed by atoms with van der Waals surface area (Å²) in [5.74, 6) is 0. The first kappa shape index (κ1) is 14.3. The molecule has 0 unspecified atom stereocenters. The molecule has 2 heterocycles. The van der Waals surface area contributed by atoms with Gasteiger partial charge in [0.05, 0.1) is 5.69 Å². The molecule has 0 atom stereocenters. The predicted molar refractivity (Wildman–Crippen MR) is 83.3 cm³/mol. The molecule has 0 bridgehead atoms. The molecule has 0 spiro atoms. The first-order valence-corrected chi connectivity index (χ1v) is 6.74. The van der Waals surface area contributed by atoms with E-state index in [1.54, 1.807) is 24.3 Å². The fraction of sp³-hybridized carbons (Fsp3) is 0.143. The molecule has 3 aromatic rings. The quantitative estimate of drug-likeness (QED) is 0.713. The minimum Gasteiger partial charge on any atom is -0.304 e. The zero-order chi connectivity index (χ0) is 16.0. The van der Waals surface area contributed by atoms with Crippen molar-refractivity contribution in [3.8, 4) is 11.3 Å². The molecular formula is C14H11ClN4O3. The van der Waals surface area contributed by atoms with E-state index >= 15 is 0 Å². The Balaban J connectivity index is 2.59. The van der Waals surface area contributed by atoms with Gasteiger partial charge in [0.15, 0.2) is 5.65 Å². The van der Waals surface area contributed by atoms with Crippen molar-refractivity contribution >= 4 is 22.6 Å². The van der Waals surface area contributed by atoms with Gasteiger partial charge in [-0.1, -0.05) is 23.7 Å². The van der Waals surface area contributed by atoms with Gasteiger partial charge >= 0.3 is 11.4 Å². The van der Waals surface area contributed by atoms with Gasteiger partial charge in [0.25, 0.3) is 5.56 Å². The van der Waals surface area contributed by atoms with Crippen LogP contribution in [-0.2, 0) is 14.1 Å². The number of H-pyrrole nitrogens is 1. The highest BCUT2D eigenvalue weighted by atomic mass is 35.5. The maximum atomic E-state index is 12.4. The van der Waals surface area contributed by atoms with E-state index in [-0.39, 0.29) is 16.7 Å². The van der Waals surface area contributed by atoms with E-state index < -0.39 is 16.9 Å². The van der Waals surface area contributed by atoms with Gasteiger partial charge in [-0.05, 0) is 12.1 Å². The molecule has 1 N–H and O–H groups in total. The lowest BCUT2D eigenvalue weighted by Crippen LogP contribution is -2.38. The summed E-state index contributed by atoms with van der Waals surface area (Å²) >= 11 is 5.97. The Kier molecular flexibility index (Phi) is 3.22. The van der Waals surface area contributed by atoms with E-state index in [4.69, 9.17) is 11.6 Å². The molecule has 0 saturated heterocycles. The minimum atomic E-state index is -0.647. The molecule has 22 heavy (non-hydrogen) atoms. The van der Waals surface area contributed by atoms with Gasteiger partial charge in [-0.25, -0.2) is 9.59 Å². The van der Waals surface area contributed by atoms with Crippen LogP contribution in [0.4, 0.5) is 0 Å². The van der Waals surface area contributed by atoms with Crippen molar-refractivity contribution in [1.82, 2.24) is 19.1 Å². The summed E-state index contributed by atoms with van der Waals surface area (Å²) < 4.78 is 2.14. The van der Waals surface area contributed by atoms with Crippen LogP contribution < -0.4 is 16.9 Å². The summed E-state index contributed by atoms with van der Waals surface area (Å²) in [6.45, 7) is 0. The standard InChI is InChI=1S/C14H11ClN4O3/c1-18-11-9(12(20)19(2)14(18)22)10(16-13(21)17-11)7-4-3-5-8(15)6-7/h3-6H,1-2H3,(H,16,17,21). The largest absolute Gasteiger partial charge is 0.347 e. The van der Waals surface area contributed by atoms with Gasteiger partial charge in [0.2, 0.25) is 0 Å². The molecular weight excluding hydrogens is 308 g/mol. The topological polar surface area (TPSA) is 89.8 Å². The molecule has 0 aliphatic heterocycles. The summed E-state index contributed by atoms with van der Waals surface area (Å²) in [5.41, 5.74) is -0.844. The molecule has 1 aromatic carbocycles. The van der Waals surface area contributed by atoms with Gasteiger partial charge in [0, 0.05) is 24.7 Å². The predicted octanol–water partition coefficient (Wildman–Crippen LogP) is 0.641. The molecule has 3 rings (SSSR count). The van der Waals surface area contributed by atoms with E-state index in [0.717, 1.165) is 4.57 Å². The zero-order valence-corrected chi connectivity index (χ0v) is 12.5. The van der Waals surface area contributed by atoms with Crippen LogP contribution in [0.3, 0.4) is 0 Å². The third kappa shape index (κ3) is 2.06. The third-order valence-electron chi connectivity index (χ3n) is 3.44. The number of rotatable bonds is 1. The number of benzene rings is 1. The SMILES string of the molecule is Cn1c(=O)c2c(-c3cccc(Cl)c3)[nH]c(=O)nc2n(C)c1=O. The number of aromatic amines is 1. The van der Waals surface area contributed by atoms with Crippen molar-refractivity contribution in [2.45, 2.75) is 0 Å². The highest BCUT2D eigenvalue weighted by molar-refractivity contribution is 6.30. The van der Waals surface area contributed by atoms with Crippen molar-refractivity contribution in [2.75, 3.05) is 0 Å². The molecule has 8 heteroatoms. The van der Waals surface area contributed by atoms with Gasteiger partial charge in [-0.2, -0.15) is 4.98 Å². The first-order valence-electron chi connectivity index (χ1n) is 6.36. The lowest BCUT2D eigenvalue weighted by Gasteiger charge is -2.10. The number of aryl methyl sites for hydroxylation is 1. The van der Waals surface area contributed by atoms with E-state index in [9.17, 15) is 14.4 Å². The molecule has 0 radical (unpaired) electrons. The number of halogens is 1.